The highest BCUT2D eigenvalue weighted by molar-refractivity contribution is 5.86. The third-order valence-electron chi connectivity index (χ3n) is 3.67. The number of piperazine rings is 1. The molecule has 1 aromatic carbocycles. The second-order valence-corrected chi connectivity index (χ2v) is 5.18. The number of amides is 1. The Morgan fingerprint density at radius 3 is 2.95 bits per heavy atom. The fourth-order valence-electron chi connectivity index (χ4n) is 2.60. The topological polar surface area (TPSA) is 44.4 Å². The first-order chi connectivity index (χ1) is 9.13. The van der Waals surface area contributed by atoms with Crippen LogP contribution in [0.1, 0.15) is 17.5 Å². The van der Waals surface area contributed by atoms with Gasteiger partial charge in [0.15, 0.2) is 0 Å². The van der Waals surface area contributed by atoms with E-state index in [1.807, 2.05) is 7.05 Å². The Kier molecular flexibility index (Phi) is 4.43. The summed E-state index contributed by atoms with van der Waals surface area (Å²) in [5.74, 6) is 0.141. The summed E-state index contributed by atoms with van der Waals surface area (Å²) < 4.78 is 0. The van der Waals surface area contributed by atoms with Gasteiger partial charge in [0.05, 0.1) is 0 Å². The smallest absolute Gasteiger partial charge is 0.242 e. The lowest BCUT2D eigenvalue weighted by Crippen LogP contribution is -2.56. The zero-order chi connectivity index (χ0) is 13.8. The number of carbonyl (C=O) groups excluding carboxylic acids is 1. The van der Waals surface area contributed by atoms with Crippen molar-refractivity contribution in [2.75, 3.05) is 31.6 Å². The number of hydrogen-bond acceptors (Lipinski definition) is 3. The van der Waals surface area contributed by atoms with Crippen molar-refractivity contribution in [3.63, 3.8) is 0 Å². The molecule has 4 heteroatoms. The van der Waals surface area contributed by atoms with Gasteiger partial charge in [-0.15, -0.1) is 0 Å². The quantitative estimate of drug-likeness (QED) is 0.856. The monoisotopic (exact) mass is 261 g/mol. The van der Waals surface area contributed by atoms with Crippen molar-refractivity contribution >= 4 is 11.6 Å². The third kappa shape index (κ3) is 3.07. The molecule has 1 aliphatic heterocycles. The molecule has 1 aliphatic rings. The second-order valence-electron chi connectivity index (χ2n) is 5.18. The molecular weight excluding hydrogens is 238 g/mol. The van der Waals surface area contributed by atoms with Gasteiger partial charge in [0, 0.05) is 18.8 Å². The van der Waals surface area contributed by atoms with E-state index < -0.39 is 0 Å². The van der Waals surface area contributed by atoms with Crippen LogP contribution in [0.15, 0.2) is 18.2 Å². The van der Waals surface area contributed by atoms with Crippen LogP contribution in [0.2, 0.25) is 0 Å². The van der Waals surface area contributed by atoms with E-state index in [1.165, 1.54) is 16.8 Å². The summed E-state index contributed by atoms with van der Waals surface area (Å²) in [5, 5.41) is 6.09. The lowest BCUT2D eigenvalue weighted by molar-refractivity contribution is -0.123. The van der Waals surface area contributed by atoms with Crippen LogP contribution in [0.3, 0.4) is 0 Å². The minimum Gasteiger partial charge on any atom is -0.357 e. The SMILES string of the molecule is CNCCC1C(=O)NCCN1c1cc(C)ccc1C. The van der Waals surface area contributed by atoms with Crippen LogP contribution in [0.25, 0.3) is 0 Å². The van der Waals surface area contributed by atoms with E-state index in [9.17, 15) is 4.79 Å². The van der Waals surface area contributed by atoms with Gasteiger partial charge in [-0.2, -0.15) is 0 Å². The van der Waals surface area contributed by atoms with Gasteiger partial charge in [0.2, 0.25) is 5.91 Å². The zero-order valence-corrected chi connectivity index (χ0v) is 12.0. The average molecular weight is 261 g/mol. The van der Waals surface area contributed by atoms with Crippen molar-refractivity contribution in [1.29, 1.82) is 0 Å². The van der Waals surface area contributed by atoms with Gasteiger partial charge in [0.25, 0.3) is 0 Å². The first kappa shape index (κ1) is 13.9. The van der Waals surface area contributed by atoms with E-state index in [-0.39, 0.29) is 11.9 Å². The van der Waals surface area contributed by atoms with E-state index in [1.54, 1.807) is 0 Å². The fraction of sp³-hybridized carbons (Fsp3) is 0.533. The first-order valence-electron chi connectivity index (χ1n) is 6.89. The molecule has 2 N–H and O–H groups in total. The molecule has 0 spiro atoms. The normalized spacial score (nSPS) is 19.4. The molecular formula is C15H23N3O. The maximum Gasteiger partial charge on any atom is 0.242 e. The van der Waals surface area contributed by atoms with Crippen molar-refractivity contribution in [1.82, 2.24) is 10.6 Å². The summed E-state index contributed by atoms with van der Waals surface area (Å²) in [7, 11) is 1.92. The van der Waals surface area contributed by atoms with Crippen molar-refractivity contribution in [3.8, 4) is 0 Å². The minimum absolute atomic E-state index is 0.0679. The molecule has 0 aromatic heterocycles. The molecule has 0 saturated carbocycles. The highest BCUT2D eigenvalue weighted by atomic mass is 16.2. The van der Waals surface area contributed by atoms with Gasteiger partial charge < -0.3 is 15.5 Å². The highest BCUT2D eigenvalue weighted by Gasteiger charge is 2.29. The average Bonchev–Trinajstić information content (AvgIpc) is 2.40. The Morgan fingerprint density at radius 1 is 1.42 bits per heavy atom. The number of nitrogens with zero attached hydrogens (tertiary/aromatic N) is 1. The lowest BCUT2D eigenvalue weighted by atomic mass is 10.0. The standard InChI is InChI=1S/C15H23N3O/c1-11-4-5-12(2)14(10-11)18-9-8-17-15(19)13(18)6-7-16-3/h4-5,10,13,16H,6-9H2,1-3H3,(H,17,19). The van der Waals surface area contributed by atoms with E-state index in [0.717, 1.165) is 26.1 Å². The summed E-state index contributed by atoms with van der Waals surface area (Å²) in [6.45, 7) is 6.65. The summed E-state index contributed by atoms with van der Waals surface area (Å²) >= 11 is 0. The zero-order valence-electron chi connectivity index (χ0n) is 12.0. The van der Waals surface area contributed by atoms with Crippen LogP contribution in [-0.4, -0.2) is 38.6 Å². The van der Waals surface area contributed by atoms with Crippen LogP contribution in [0.4, 0.5) is 5.69 Å². The third-order valence-corrected chi connectivity index (χ3v) is 3.67. The van der Waals surface area contributed by atoms with E-state index in [2.05, 4.69) is 47.6 Å². The van der Waals surface area contributed by atoms with Gasteiger partial charge in [-0.05, 0) is 51.1 Å². The number of hydrogen-bond donors (Lipinski definition) is 2. The van der Waals surface area contributed by atoms with Crippen LogP contribution in [-0.2, 0) is 4.79 Å². The summed E-state index contributed by atoms with van der Waals surface area (Å²) in [6.07, 6.45) is 0.829. The largest absolute Gasteiger partial charge is 0.357 e. The number of nitrogens with one attached hydrogen (secondary N) is 2. The molecule has 1 heterocycles. The molecule has 2 rings (SSSR count). The van der Waals surface area contributed by atoms with E-state index >= 15 is 0 Å². The fourth-order valence-corrected chi connectivity index (χ4v) is 2.60. The number of anilines is 1. The highest BCUT2D eigenvalue weighted by Crippen LogP contribution is 2.25. The summed E-state index contributed by atoms with van der Waals surface area (Å²) in [5.41, 5.74) is 3.66. The molecule has 19 heavy (non-hydrogen) atoms. The minimum atomic E-state index is -0.0679. The van der Waals surface area contributed by atoms with E-state index in [0.29, 0.717) is 0 Å². The Bertz CT molecular complexity index is 459. The summed E-state index contributed by atoms with van der Waals surface area (Å²) in [6, 6.07) is 6.36. The number of benzene rings is 1. The lowest BCUT2D eigenvalue weighted by Gasteiger charge is -2.38. The van der Waals surface area contributed by atoms with Gasteiger partial charge >= 0.3 is 0 Å². The number of aryl methyl sites for hydroxylation is 2. The Labute approximate surface area is 115 Å². The maximum atomic E-state index is 12.1. The molecule has 0 bridgehead atoms. The molecule has 1 aromatic rings. The maximum absolute atomic E-state index is 12.1. The van der Waals surface area contributed by atoms with Gasteiger partial charge in [-0.1, -0.05) is 12.1 Å². The molecule has 0 radical (unpaired) electrons. The number of carbonyl (C=O) groups is 1. The molecule has 1 amide bonds. The second kappa shape index (κ2) is 6.06. The van der Waals surface area contributed by atoms with Crippen LogP contribution in [0.5, 0.6) is 0 Å². The number of rotatable bonds is 4. The van der Waals surface area contributed by atoms with E-state index in [4.69, 9.17) is 0 Å². The molecule has 0 aliphatic carbocycles. The molecule has 1 atom stereocenters. The first-order valence-corrected chi connectivity index (χ1v) is 6.89. The van der Waals surface area contributed by atoms with Crippen LogP contribution < -0.4 is 15.5 Å². The Hall–Kier alpha value is -1.55. The molecule has 1 unspecified atom stereocenters. The van der Waals surface area contributed by atoms with Gasteiger partial charge in [-0.3, -0.25) is 4.79 Å². The molecule has 1 fully saturated rings. The van der Waals surface area contributed by atoms with Gasteiger partial charge in [0.1, 0.15) is 6.04 Å². The summed E-state index contributed by atoms with van der Waals surface area (Å²) in [4.78, 5) is 14.3. The predicted octanol–water partition coefficient (Wildman–Crippen LogP) is 1.22. The van der Waals surface area contributed by atoms with Crippen molar-refractivity contribution < 1.29 is 4.79 Å². The van der Waals surface area contributed by atoms with Crippen molar-refractivity contribution in [3.05, 3.63) is 29.3 Å². The predicted molar refractivity (Wildman–Crippen MR) is 78.6 cm³/mol. The van der Waals surface area contributed by atoms with Crippen molar-refractivity contribution in [2.45, 2.75) is 26.3 Å². The Balaban J connectivity index is 2.28. The molecule has 4 nitrogen and oxygen atoms in total. The van der Waals surface area contributed by atoms with Gasteiger partial charge in [-0.25, -0.2) is 0 Å². The van der Waals surface area contributed by atoms with Crippen LogP contribution >= 0.6 is 0 Å². The van der Waals surface area contributed by atoms with Crippen LogP contribution in [0, 0.1) is 13.8 Å². The Morgan fingerprint density at radius 2 is 2.21 bits per heavy atom. The molecule has 104 valence electrons. The molecule has 1 saturated heterocycles. The van der Waals surface area contributed by atoms with Crippen molar-refractivity contribution in [2.24, 2.45) is 0 Å².